The van der Waals surface area contributed by atoms with Crippen LogP contribution in [0.2, 0.25) is 5.02 Å². The highest BCUT2D eigenvalue weighted by Gasteiger charge is 2.10. The molecule has 0 aliphatic heterocycles. The van der Waals surface area contributed by atoms with Crippen LogP contribution in [0.5, 0.6) is 11.5 Å². The van der Waals surface area contributed by atoms with E-state index in [0.29, 0.717) is 36.2 Å². The Hall–Kier alpha value is -1.78. The van der Waals surface area contributed by atoms with Crippen LogP contribution in [0, 0.1) is 5.82 Å². The summed E-state index contributed by atoms with van der Waals surface area (Å²) in [5.74, 6) is 1.06. The van der Waals surface area contributed by atoms with E-state index in [4.69, 9.17) is 21.1 Å². The van der Waals surface area contributed by atoms with Gasteiger partial charge in [0.05, 0.1) is 13.7 Å². The standard InChI is InChI=1S/C17H19ClFNO2/c1-3-22-17-9-15(18)13(8-16(17)21-2)11-20-10-12-4-6-14(19)7-5-12/h4-9,20H,3,10-11H2,1-2H3. The van der Waals surface area contributed by atoms with Gasteiger partial charge < -0.3 is 14.8 Å². The van der Waals surface area contributed by atoms with Gasteiger partial charge in [-0.3, -0.25) is 0 Å². The Kier molecular flexibility index (Phi) is 6.04. The SMILES string of the molecule is CCOc1cc(Cl)c(CNCc2ccc(F)cc2)cc1OC. The number of benzene rings is 2. The predicted molar refractivity (Wildman–Crippen MR) is 86.1 cm³/mol. The number of ether oxygens (including phenoxy) is 2. The topological polar surface area (TPSA) is 30.5 Å². The van der Waals surface area contributed by atoms with E-state index in [2.05, 4.69) is 5.32 Å². The molecule has 0 aliphatic rings. The third kappa shape index (κ3) is 4.36. The zero-order valence-electron chi connectivity index (χ0n) is 12.7. The van der Waals surface area contributed by atoms with Crippen LogP contribution in [-0.2, 0) is 13.1 Å². The number of rotatable bonds is 7. The van der Waals surface area contributed by atoms with Gasteiger partial charge in [-0.1, -0.05) is 23.7 Å². The summed E-state index contributed by atoms with van der Waals surface area (Å²) in [4.78, 5) is 0. The van der Waals surface area contributed by atoms with Crippen molar-refractivity contribution in [3.8, 4) is 11.5 Å². The second-order valence-corrected chi connectivity index (χ2v) is 5.16. The van der Waals surface area contributed by atoms with E-state index >= 15 is 0 Å². The molecule has 118 valence electrons. The van der Waals surface area contributed by atoms with Gasteiger partial charge in [-0.2, -0.15) is 0 Å². The lowest BCUT2D eigenvalue weighted by atomic mass is 10.1. The molecule has 2 rings (SSSR count). The number of nitrogens with one attached hydrogen (secondary N) is 1. The summed E-state index contributed by atoms with van der Waals surface area (Å²) in [5.41, 5.74) is 1.93. The van der Waals surface area contributed by atoms with Crippen molar-refractivity contribution in [2.45, 2.75) is 20.0 Å². The fourth-order valence-corrected chi connectivity index (χ4v) is 2.30. The van der Waals surface area contributed by atoms with E-state index in [-0.39, 0.29) is 5.82 Å². The summed E-state index contributed by atoms with van der Waals surface area (Å²) in [7, 11) is 1.60. The van der Waals surface area contributed by atoms with Crippen LogP contribution in [0.4, 0.5) is 4.39 Å². The molecule has 0 aromatic heterocycles. The molecular weight excluding hydrogens is 305 g/mol. The van der Waals surface area contributed by atoms with E-state index in [0.717, 1.165) is 11.1 Å². The van der Waals surface area contributed by atoms with Crippen LogP contribution < -0.4 is 14.8 Å². The van der Waals surface area contributed by atoms with Gasteiger partial charge in [0.2, 0.25) is 0 Å². The van der Waals surface area contributed by atoms with E-state index in [1.54, 1.807) is 25.3 Å². The molecule has 0 fully saturated rings. The lowest BCUT2D eigenvalue weighted by molar-refractivity contribution is 0.310. The monoisotopic (exact) mass is 323 g/mol. The quantitative estimate of drug-likeness (QED) is 0.829. The molecule has 0 unspecified atom stereocenters. The smallest absolute Gasteiger partial charge is 0.162 e. The molecule has 0 amide bonds. The molecule has 0 saturated heterocycles. The molecule has 1 N–H and O–H groups in total. The molecule has 0 radical (unpaired) electrons. The van der Waals surface area contributed by atoms with E-state index in [1.807, 2.05) is 13.0 Å². The van der Waals surface area contributed by atoms with Gasteiger partial charge in [-0.15, -0.1) is 0 Å². The normalized spacial score (nSPS) is 10.5. The zero-order chi connectivity index (χ0) is 15.9. The maximum atomic E-state index is 12.8. The molecule has 0 saturated carbocycles. The summed E-state index contributed by atoms with van der Waals surface area (Å²) in [5, 5.41) is 3.90. The van der Waals surface area contributed by atoms with Gasteiger partial charge in [0.15, 0.2) is 11.5 Å². The van der Waals surface area contributed by atoms with Gasteiger partial charge in [0, 0.05) is 24.2 Å². The number of hydrogen-bond acceptors (Lipinski definition) is 3. The summed E-state index contributed by atoms with van der Waals surface area (Å²) < 4.78 is 23.6. The number of methoxy groups -OCH3 is 1. The summed E-state index contributed by atoms with van der Waals surface area (Å²) in [6.07, 6.45) is 0. The minimum absolute atomic E-state index is 0.233. The van der Waals surface area contributed by atoms with Crippen molar-refractivity contribution in [2.24, 2.45) is 0 Å². The van der Waals surface area contributed by atoms with Gasteiger partial charge in [0.25, 0.3) is 0 Å². The first-order valence-electron chi connectivity index (χ1n) is 7.08. The minimum Gasteiger partial charge on any atom is -0.493 e. The number of hydrogen-bond donors (Lipinski definition) is 1. The van der Waals surface area contributed by atoms with Crippen LogP contribution in [0.15, 0.2) is 36.4 Å². The molecule has 0 aliphatic carbocycles. The van der Waals surface area contributed by atoms with Gasteiger partial charge in [0.1, 0.15) is 5.82 Å². The van der Waals surface area contributed by atoms with Crippen molar-refractivity contribution in [3.63, 3.8) is 0 Å². The van der Waals surface area contributed by atoms with Crippen molar-refractivity contribution in [3.05, 3.63) is 58.4 Å². The molecule has 5 heteroatoms. The Bertz CT molecular complexity index is 617. The maximum absolute atomic E-state index is 12.8. The lowest BCUT2D eigenvalue weighted by Gasteiger charge is -2.13. The van der Waals surface area contributed by atoms with Crippen molar-refractivity contribution in [1.82, 2.24) is 5.32 Å². The molecule has 0 heterocycles. The third-order valence-corrected chi connectivity index (χ3v) is 3.54. The largest absolute Gasteiger partial charge is 0.493 e. The highest BCUT2D eigenvalue weighted by Crippen LogP contribution is 2.33. The van der Waals surface area contributed by atoms with Crippen molar-refractivity contribution in [1.29, 1.82) is 0 Å². The minimum atomic E-state index is -0.233. The predicted octanol–water partition coefficient (Wildman–Crippen LogP) is 4.18. The Labute approximate surface area is 135 Å². The van der Waals surface area contributed by atoms with Crippen LogP contribution in [-0.4, -0.2) is 13.7 Å². The van der Waals surface area contributed by atoms with Crippen molar-refractivity contribution in [2.75, 3.05) is 13.7 Å². The molecule has 0 spiro atoms. The van der Waals surface area contributed by atoms with E-state index in [9.17, 15) is 4.39 Å². The second kappa shape index (κ2) is 8.01. The van der Waals surface area contributed by atoms with Gasteiger partial charge >= 0.3 is 0 Å². The molecule has 0 atom stereocenters. The average Bonchev–Trinajstić information content (AvgIpc) is 2.51. The molecule has 2 aromatic rings. The first-order valence-corrected chi connectivity index (χ1v) is 7.46. The van der Waals surface area contributed by atoms with Crippen LogP contribution in [0.1, 0.15) is 18.1 Å². The molecule has 22 heavy (non-hydrogen) atoms. The first-order chi connectivity index (χ1) is 10.6. The Morgan fingerprint density at radius 3 is 2.45 bits per heavy atom. The summed E-state index contributed by atoms with van der Waals surface area (Å²) in [6, 6.07) is 10.0. The molecule has 3 nitrogen and oxygen atoms in total. The fraction of sp³-hybridized carbons (Fsp3) is 0.294. The van der Waals surface area contributed by atoms with Crippen LogP contribution in [0.25, 0.3) is 0 Å². The van der Waals surface area contributed by atoms with E-state index < -0.39 is 0 Å². The Morgan fingerprint density at radius 2 is 1.82 bits per heavy atom. The average molecular weight is 324 g/mol. The van der Waals surface area contributed by atoms with Crippen LogP contribution in [0.3, 0.4) is 0 Å². The summed E-state index contributed by atoms with van der Waals surface area (Å²) >= 11 is 6.27. The van der Waals surface area contributed by atoms with Crippen LogP contribution >= 0.6 is 11.6 Å². The van der Waals surface area contributed by atoms with Crippen molar-refractivity contribution < 1.29 is 13.9 Å². The second-order valence-electron chi connectivity index (χ2n) is 4.76. The molecule has 2 aromatic carbocycles. The Balaban J connectivity index is 2.01. The number of halogens is 2. The fourth-order valence-electron chi connectivity index (χ4n) is 2.08. The van der Waals surface area contributed by atoms with Crippen molar-refractivity contribution >= 4 is 11.6 Å². The highest BCUT2D eigenvalue weighted by atomic mass is 35.5. The molecule has 0 bridgehead atoms. The molecular formula is C17H19ClFNO2. The maximum Gasteiger partial charge on any atom is 0.162 e. The Morgan fingerprint density at radius 1 is 1.09 bits per heavy atom. The zero-order valence-corrected chi connectivity index (χ0v) is 13.4. The highest BCUT2D eigenvalue weighted by molar-refractivity contribution is 6.31. The summed E-state index contributed by atoms with van der Waals surface area (Å²) in [6.45, 7) is 3.67. The first kappa shape index (κ1) is 16.6. The van der Waals surface area contributed by atoms with Gasteiger partial charge in [-0.05, 0) is 36.2 Å². The lowest BCUT2D eigenvalue weighted by Crippen LogP contribution is -2.13. The van der Waals surface area contributed by atoms with E-state index in [1.165, 1.54) is 12.1 Å². The third-order valence-electron chi connectivity index (χ3n) is 3.19. The van der Waals surface area contributed by atoms with Gasteiger partial charge in [-0.25, -0.2) is 4.39 Å².